The third-order valence-electron chi connectivity index (χ3n) is 2.43. The highest BCUT2D eigenvalue weighted by atomic mass is 32.2. The zero-order valence-corrected chi connectivity index (χ0v) is 10.8. The highest BCUT2D eigenvalue weighted by molar-refractivity contribution is 7.89. The minimum absolute atomic E-state index is 0.123. The van der Waals surface area contributed by atoms with E-state index in [9.17, 15) is 8.42 Å². The Morgan fingerprint density at radius 2 is 1.64 bits per heavy atom. The molecule has 4 heteroatoms. The first-order chi connectivity index (χ1) is 6.37. The molecule has 14 heavy (non-hydrogen) atoms. The summed E-state index contributed by atoms with van der Waals surface area (Å²) in [6.45, 7) is 9.99. The summed E-state index contributed by atoms with van der Waals surface area (Å²) in [6, 6.07) is 0.123. The maximum atomic E-state index is 11.9. The van der Waals surface area contributed by atoms with Crippen molar-refractivity contribution in [2.24, 2.45) is 0 Å². The second-order valence-corrected chi connectivity index (χ2v) is 6.38. The molecule has 1 unspecified atom stereocenters. The highest BCUT2D eigenvalue weighted by Gasteiger charge is 2.27. The Kier molecular flexibility index (Phi) is 5.67. The van der Waals surface area contributed by atoms with Gasteiger partial charge in [-0.2, -0.15) is 4.31 Å². The molecule has 0 aromatic heterocycles. The zero-order chi connectivity index (χ0) is 11.4. The maximum Gasteiger partial charge on any atom is 0.216 e. The van der Waals surface area contributed by atoms with Gasteiger partial charge in [0.1, 0.15) is 0 Å². The van der Waals surface area contributed by atoms with Crippen molar-refractivity contribution in [2.75, 3.05) is 6.54 Å². The predicted molar refractivity (Wildman–Crippen MR) is 60.8 cm³/mol. The molecule has 0 rings (SSSR count). The molecule has 0 amide bonds. The zero-order valence-electron chi connectivity index (χ0n) is 9.95. The molecular weight excluding hydrogens is 198 g/mol. The van der Waals surface area contributed by atoms with Crippen molar-refractivity contribution in [1.29, 1.82) is 0 Å². The van der Waals surface area contributed by atoms with Crippen molar-refractivity contribution in [1.82, 2.24) is 4.31 Å². The van der Waals surface area contributed by atoms with E-state index in [1.807, 2.05) is 13.8 Å². The monoisotopic (exact) mass is 221 g/mol. The minimum atomic E-state index is -3.08. The molecule has 0 spiro atoms. The molecule has 0 aliphatic carbocycles. The predicted octanol–water partition coefficient (Wildman–Crippen LogP) is 2.24. The second-order valence-electron chi connectivity index (χ2n) is 3.93. The summed E-state index contributed by atoms with van der Waals surface area (Å²) < 4.78 is 25.4. The molecule has 3 nitrogen and oxygen atoms in total. The molecule has 0 heterocycles. The fourth-order valence-electron chi connectivity index (χ4n) is 1.57. The first-order valence-corrected chi connectivity index (χ1v) is 6.88. The number of hydrogen-bond donors (Lipinski definition) is 0. The molecule has 0 saturated carbocycles. The van der Waals surface area contributed by atoms with Crippen LogP contribution in [0.3, 0.4) is 0 Å². The lowest BCUT2D eigenvalue weighted by Crippen LogP contribution is -2.42. The van der Waals surface area contributed by atoms with Crippen LogP contribution in [0.2, 0.25) is 0 Å². The van der Waals surface area contributed by atoms with Crippen molar-refractivity contribution in [3.63, 3.8) is 0 Å². The lowest BCUT2D eigenvalue weighted by Gasteiger charge is -2.28. The average Bonchev–Trinajstić information content (AvgIpc) is 2.04. The third-order valence-corrected chi connectivity index (χ3v) is 4.90. The smallest absolute Gasteiger partial charge is 0.212 e. The average molecular weight is 221 g/mol. The first kappa shape index (κ1) is 13.9. The van der Waals surface area contributed by atoms with Gasteiger partial charge in [0, 0.05) is 12.6 Å². The summed E-state index contributed by atoms with van der Waals surface area (Å²) in [5, 5.41) is -0.318. The van der Waals surface area contributed by atoms with Gasteiger partial charge < -0.3 is 0 Å². The third kappa shape index (κ3) is 3.24. The van der Waals surface area contributed by atoms with Gasteiger partial charge >= 0.3 is 0 Å². The normalized spacial score (nSPS) is 15.1. The van der Waals surface area contributed by atoms with Gasteiger partial charge in [-0.15, -0.1) is 0 Å². The van der Waals surface area contributed by atoms with Crippen molar-refractivity contribution < 1.29 is 8.42 Å². The van der Waals surface area contributed by atoms with E-state index < -0.39 is 10.0 Å². The van der Waals surface area contributed by atoms with Crippen LogP contribution in [0, 0.1) is 0 Å². The van der Waals surface area contributed by atoms with Crippen molar-refractivity contribution in [2.45, 2.75) is 58.8 Å². The molecule has 0 aromatic rings. The van der Waals surface area contributed by atoms with Crippen LogP contribution in [0.4, 0.5) is 0 Å². The molecule has 0 aromatic carbocycles. The quantitative estimate of drug-likeness (QED) is 0.690. The van der Waals surface area contributed by atoms with Gasteiger partial charge in [0.25, 0.3) is 0 Å². The van der Waals surface area contributed by atoms with Crippen LogP contribution in [-0.4, -0.2) is 30.6 Å². The fraction of sp³-hybridized carbons (Fsp3) is 1.00. The van der Waals surface area contributed by atoms with Gasteiger partial charge in [0.15, 0.2) is 0 Å². The Labute approximate surface area is 88.5 Å². The standard InChI is InChI=1S/C10H23NO2S/c1-6-8-10(5)11(7-2)14(12,13)9(3)4/h9-10H,6-8H2,1-5H3. The summed E-state index contributed by atoms with van der Waals surface area (Å²) in [7, 11) is -3.08. The molecule has 0 N–H and O–H groups in total. The van der Waals surface area contributed by atoms with E-state index in [2.05, 4.69) is 6.92 Å². The number of hydrogen-bond acceptors (Lipinski definition) is 2. The van der Waals surface area contributed by atoms with E-state index in [4.69, 9.17) is 0 Å². The van der Waals surface area contributed by atoms with E-state index in [1.165, 1.54) is 0 Å². The van der Waals surface area contributed by atoms with E-state index in [0.29, 0.717) is 6.54 Å². The van der Waals surface area contributed by atoms with E-state index in [0.717, 1.165) is 12.8 Å². The minimum Gasteiger partial charge on any atom is -0.212 e. The van der Waals surface area contributed by atoms with Crippen LogP contribution < -0.4 is 0 Å². The fourth-order valence-corrected chi connectivity index (χ4v) is 3.08. The molecule has 0 saturated heterocycles. The number of rotatable bonds is 6. The van der Waals surface area contributed by atoms with E-state index >= 15 is 0 Å². The van der Waals surface area contributed by atoms with Gasteiger partial charge in [-0.25, -0.2) is 8.42 Å². The van der Waals surface area contributed by atoms with Crippen molar-refractivity contribution in [3.05, 3.63) is 0 Å². The van der Waals surface area contributed by atoms with Crippen LogP contribution in [0.5, 0.6) is 0 Å². The molecule has 0 bridgehead atoms. The summed E-state index contributed by atoms with van der Waals surface area (Å²) in [4.78, 5) is 0. The van der Waals surface area contributed by atoms with Crippen LogP contribution in [0.25, 0.3) is 0 Å². The second kappa shape index (κ2) is 5.71. The van der Waals surface area contributed by atoms with E-state index in [-0.39, 0.29) is 11.3 Å². The highest BCUT2D eigenvalue weighted by Crippen LogP contribution is 2.15. The first-order valence-electron chi connectivity index (χ1n) is 5.38. The summed E-state index contributed by atoms with van der Waals surface area (Å²) in [5.74, 6) is 0. The van der Waals surface area contributed by atoms with Gasteiger partial charge in [0.2, 0.25) is 10.0 Å². The maximum absolute atomic E-state index is 11.9. The summed E-state index contributed by atoms with van der Waals surface area (Å²) in [5.41, 5.74) is 0. The molecular formula is C10H23NO2S. The Morgan fingerprint density at radius 1 is 1.14 bits per heavy atom. The van der Waals surface area contributed by atoms with E-state index in [1.54, 1.807) is 18.2 Å². The Hall–Kier alpha value is -0.0900. The van der Waals surface area contributed by atoms with Crippen LogP contribution in [0.15, 0.2) is 0 Å². The summed E-state index contributed by atoms with van der Waals surface area (Å²) in [6.07, 6.45) is 1.95. The molecule has 0 aliphatic rings. The number of nitrogens with zero attached hydrogens (tertiary/aromatic N) is 1. The molecule has 86 valence electrons. The Balaban J connectivity index is 4.72. The van der Waals surface area contributed by atoms with Gasteiger partial charge in [-0.05, 0) is 27.2 Å². The lowest BCUT2D eigenvalue weighted by atomic mass is 10.2. The van der Waals surface area contributed by atoms with Crippen LogP contribution in [-0.2, 0) is 10.0 Å². The number of sulfonamides is 1. The van der Waals surface area contributed by atoms with Crippen molar-refractivity contribution in [3.8, 4) is 0 Å². The van der Waals surface area contributed by atoms with Crippen molar-refractivity contribution >= 4 is 10.0 Å². The largest absolute Gasteiger partial charge is 0.216 e. The van der Waals surface area contributed by atoms with Gasteiger partial charge in [-0.3, -0.25) is 0 Å². The Morgan fingerprint density at radius 3 is 1.93 bits per heavy atom. The van der Waals surface area contributed by atoms with Crippen LogP contribution >= 0.6 is 0 Å². The SMILES string of the molecule is CCCC(C)N(CC)S(=O)(=O)C(C)C. The van der Waals surface area contributed by atoms with Gasteiger partial charge in [0.05, 0.1) is 5.25 Å². The van der Waals surface area contributed by atoms with Gasteiger partial charge in [-0.1, -0.05) is 20.3 Å². The molecule has 0 fully saturated rings. The summed E-state index contributed by atoms with van der Waals surface area (Å²) >= 11 is 0. The van der Waals surface area contributed by atoms with Crippen LogP contribution in [0.1, 0.15) is 47.5 Å². The Bertz CT molecular complexity index is 247. The lowest BCUT2D eigenvalue weighted by molar-refractivity contribution is 0.329. The molecule has 1 atom stereocenters. The topological polar surface area (TPSA) is 37.4 Å². The molecule has 0 aliphatic heterocycles. The molecule has 0 radical (unpaired) electrons.